The third kappa shape index (κ3) is 12.9. The van der Waals surface area contributed by atoms with Crippen molar-refractivity contribution in [1.29, 1.82) is 0 Å². The topological polar surface area (TPSA) is 24.7 Å². The summed E-state index contributed by atoms with van der Waals surface area (Å²) in [6.07, 6.45) is 19.2. The number of benzene rings is 2. The van der Waals surface area contributed by atoms with Crippen LogP contribution in [0.3, 0.4) is 0 Å². The molecule has 0 unspecified atom stereocenters. The first kappa shape index (κ1) is 29.0. The zero-order valence-electron chi connectivity index (χ0n) is 23.1. The molecule has 35 heavy (non-hydrogen) atoms. The van der Waals surface area contributed by atoms with Crippen LogP contribution in [0.15, 0.2) is 58.5 Å². The van der Waals surface area contributed by atoms with Gasteiger partial charge < -0.3 is 0 Å². The van der Waals surface area contributed by atoms with Crippen LogP contribution in [-0.4, -0.2) is 11.4 Å². The van der Waals surface area contributed by atoms with Gasteiger partial charge in [-0.05, 0) is 74.9 Å². The molecule has 0 atom stereocenters. The first-order valence-corrected chi connectivity index (χ1v) is 14.4. The van der Waals surface area contributed by atoms with E-state index in [9.17, 15) is 0 Å². The van der Waals surface area contributed by atoms with E-state index in [1.165, 1.54) is 106 Å². The first-order valence-electron chi connectivity index (χ1n) is 14.4. The fraction of sp³-hybridized carbons (Fsp3) is 0.576. The average Bonchev–Trinajstić information content (AvgIpc) is 2.84. The second-order valence-corrected chi connectivity index (χ2v) is 10.2. The fourth-order valence-electron chi connectivity index (χ4n) is 4.68. The van der Waals surface area contributed by atoms with Gasteiger partial charge in [-0.2, -0.15) is 0 Å². The van der Waals surface area contributed by atoms with Gasteiger partial charge in [0.05, 0.1) is 22.8 Å². The van der Waals surface area contributed by atoms with Crippen molar-refractivity contribution in [2.45, 2.75) is 124 Å². The van der Waals surface area contributed by atoms with Gasteiger partial charge >= 0.3 is 0 Å². The molecule has 0 N–H and O–H groups in total. The second-order valence-electron chi connectivity index (χ2n) is 10.2. The maximum absolute atomic E-state index is 5.20. The van der Waals surface area contributed by atoms with E-state index >= 15 is 0 Å². The molecule has 0 saturated carbocycles. The van der Waals surface area contributed by atoms with Crippen molar-refractivity contribution in [3.05, 3.63) is 59.7 Å². The van der Waals surface area contributed by atoms with E-state index in [4.69, 9.17) is 9.98 Å². The number of hydrogen-bond donors (Lipinski definition) is 0. The Kier molecular flexibility index (Phi) is 15.0. The zero-order chi connectivity index (χ0) is 25.1. The van der Waals surface area contributed by atoms with Crippen LogP contribution in [-0.2, 0) is 0 Å². The highest BCUT2D eigenvalue weighted by molar-refractivity contribution is 6.43. The minimum Gasteiger partial charge on any atom is -0.252 e. The van der Waals surface area contributed by atoms with Gasteiger partial charge in [0, 0.05) is 0 Å². The minimum atomic E-state index is 1.00. The molecule has 0 heterocycles. The summed E-state index contributed by atoms with van der Waals surface area (Å²) in [7, 11) is 0. The van der Waals surface area contributed by atoms with Crippen molar-refractivity contribution >= 4 is 22.8 Å². The lowest BCUT2D eigenvalue weighted by molar-refractivity contribution is 0.559. The number of aliphatic imine (C=N–C) groups is 2. The zero-order valence-corrected chi connectivity index (χ0v) is 23.1. The molecule has 0 aromatic heterocycles. The van der Waals surface area contributed by atoms with Crippen LogP contribution < -0.4 is 0 Å². The summed E-state index contributed by atoms with van der Waals surface area (Å²) in [6.45, 7) is 8.87. The standard InChI is InChI=1S/C33H50N2/c1-5-7-9-10-11-12-13-14-15-20-24-32(34-30-21-18-16-19-22-30)33(23-17-8-6-2)35-31-26-28(3)25-29(4)27-31/h16,18-19,21-22,25-27H,5-15,17,20,23-24H2,1-4H3. The van der Waals surface area contributed by atoms with Crippen LogP contribution in [0.1, 0.15) is 121 Å². The van der Waals surface area contributed by atoms with E-state index in [0.29, 0.717) is 0 Å². The van der Waals surface area contributed by atoms with Crippen LogP contribution in [0.25, 0.3) is 0 Å². The van der Waals surface area contributed by atoms with Crippen molar-refractivity contribution in [2.24, 2.45) is 9.98 Å². The van der Waals surface area contributed by atoms with Crippen molar-refractivity contribution in [2.75, 3.05) is 0 Å². The SMILES string of the molecule is CCCCCCCCCCCCC(=Nc1ccccc1)C(CCCCC)=Nc1cc(C)cc(C)c1. The Morgan fingerprint density at radius 3 is 1.49 bits per heavy atom. The molecule has 2 aromatic carbocycles. The highest BCUT2D eigenvalue weighted by Crippen LogP contribution is 2.22. The largest absolute Gasteiger partial charge is 0.252 e. The van der Waals surface area contributed by atoms with Gasteiger partial charge in [0.1, 0.15) is 0 Å². The van der Waals surface area contributed by atoms with E-state index in [1.807, 2.05) is 0 Å². The average molecular weight is 475 g/mol. The highest BCUT2D eigenvalue weighted by atomic mass is 14.8. The van der Waals surface area contributed by atoms with Gasteiger partial charge in [0.2, 0.25) is 0 Å². The molecule has 2 heteroatoms. The van der Waals surface area contributed by atoms with Crippen molar-refractivity contribution in [3.8, 4) is 0 Å². The Labute approximate surface area is 216 Å². The van der Waals surface area contributed by atoms with Crippen molar-refractivity contribution in [3.63, 3.8) is 0 Å². The molecular formula is C33H50N2. The molecule has 0 fully saturated rings. The van der Waals surface area contributed by atoms with E-state index in [0.717, 1.165) is 24.2 Å². The van der Waals surface area contributed by atoms with E-state index < -0.39 is 0 Å². The maximum atomic E-state index is 5.20. The molecule has 2 rings (SSSR count). The minimum absolute atomic E-state index is 1.00. The van der Waals surface area contributed by atoms with Gasteiger partial charge in [0.25, 0.3) is 0 Å². The summed E-state index contributed by atoms with van der Waals surface area (Å²) in [5.41, 5.74) is 7.02. The van der Waals surface area contributed by atoms with Gasteiger partial charge in [0.15, 0.2) is 0 Å². The number of hydrogen-bond acceptors (Lipinski definition) is 2. The lowest BCUT2D eigenvalue weighted by Gasteiger charge is -2.12. The van der Waals surface area contributed by atoms with Gasteiger partial charge in [-0.15, -0.1) is 0 Å². The molecule has 2 nitrogen and oxygen atoms in total. The number of aryl methyl sites for hydroxylation is 2. The molecule has 192 valence electrons. The maximum Gasteiger partial charge on any atom is 0.0639 e. The van der Waals surface area contributed by atoms with E-state index in [-0.39, 0.29) is 0 Å². The molecule has 2 aromatic rings. The Morgan fingerprint density at radius 1 is 0.514 bits per heavy atom. The summed E-state index contributed by atoms with van der Waals surface area (Å²) in [5.74, 6) is 0. The molecule has 0 saturated heterocycles. The Morgan fingerprint density at radius 2 is 0.943 bits per heavy atom. The normalized spacial score (nSPS) is 12.3. The fourth-order valence-corrected chi connectivity index (χ4v) is 4.68. The number of rotatable bonds is 18. The van der Waals surface area contributed by atoms with E-state index in [2.05, 4.69) is 76.2 Å². The Bertz CT molecular complexity index is 859. The van der Waals surface area contributed by atoms with Crippen LogP contribution in [0.5, 0.6) is 0 Å². The predicted octanol–water partition coefficient (Wildman–Crippen LogP) is 11.0. The molecule has 0 amide bonds. The lowest BCUT2D eigenvalue weighted by Crippen LogP contribution is -2.14. The van der Waals surface area contributed by atoms with Crippen molar-refractivity contribution in [1.82, 2.24) is 0 Å². The molecular weight excluding hydrogens is 424 g/mol. The van der Waals surface area contributed by atoms with E-state index in [1.54, 1.807) is 0 Å². The molecule has 0 spiro atoms. The first-order chi connectivity index (χ1) is 17.1. The third-order valence-corrected chi connectivity index (χ3v) is 6.61. The van der Waals surface area contributed by atoms with Crippen LogP contribution in [0, 0.1) is 13.8 Å². The van der Waals surface area contributed by atoms with Crippen LogP contribution in [0.2, 0.25) is 0 Å². The summed E-state index contributed by atoms with van der Waals surface area (Å²) in [6, 6.07) is 17.1. The molecule has 0 aliphatic rings. The number of unbranched alkanes of at least 4 members (excludes halogenated alkanes) is 11. The molecule has 0 aliphatic heterocycles. The molecule has 0 bridgehead atoms. The van der Waals surface area contributed by atoms with Gasteiger partial charge in [-0.3, -0.25) is 9.98 Å². The van der Waals surface area contributed by atoms with Crippen molar-refractivity contribution < 1.29 is 0 Å². The summed E-state index contributed by atoms with van der Waals surface area (Å²) in [5, 5.41) is 0. The quantitative estimate of drug-likeness (QED) is 0.152. The monoisotopic (exact) mass is 474 g/mol. The smallest absolute Gasteiger partial charge is 0.0639 e. The lowest BCUT2D eigenvalue weighted by atomic mass is 10.00. The Hall–Kier alpha value is -2.22. The summed E-state index contributed by atoms with van der Waals surface area (Å²) < 4.78 is 0. The number of para-hydroxylation sites is 1. The summed E-state index contributed by atoms with van der Waals surface area (Å²) in [4.78, 5) is 10.3. The van der Waals surface area contributed by atoms with Crippen LogP contribution in [0.4, 0.5) is 11.4 Å². The summed E-state index contributed by atoms with van der Waals surface area (Å²) >= 11 is 0. The second kappa shape index (κ2) is 18.1. The third-order valence-electron chi connectivity index (χ3n) is 6.61. The molecule has 0 radical (unpaired) electrons. The van der Waals surface area contributed by atoms with Crippen LogP contribution >= 0.6 is 0 Å². The van der Waals surface area contributed by atoms with Gasteiger partial charge in [-0.25, -0.2) is 0 Å². The van der Waals surface area contributed by atoms with Gasteiger partial charge in [-0.1, -0.05) is 109 Å². The number of nitrogens with zero attached hydrogens (tertiary/aromatic N) is 2. The Balaban J connectivity index is 2.08. The highest BCUT2D eigenvalue weighted by Gasteiger charge is 2.11. The predicted molar refractivity (Wildman–Crippen MR) is 157 cm³/mol. The molecule has 0 aliphatic carbocycles.